The molecule has 0 aliphatic rings. The summed E-state index contributed by atoms with van der Waals surface area (Å²) < 4.78 is 16.2. The summed E-state index contributed by atoms with van der Waals surface area (Å²) in [6.07, 6.45) is 2.35. The molecule has 0 aromatic rings. The molecule has 3 heteroatoms. The quantitative estimate of drug-likeness (QED) is 0.527. The number of ether oxygens (including phenoxy) is 3. The van der Waals surface area contributed by atoms with Gasteiger partial charge in [0.25, 0.3) is 0 Å². The minimum Gasteiger partial charge on any atom is -0.379 e. The van der Waals surface area contributed by atoms with Crippen LogP contribution in [0.4, 0.5) is 0 Å². The lowest BCUT2D eigenvalue weighted by molar-refractivity contribution is -0.0452. The number of rotatable bonds is 10. The lowest BCUT2D eigenvalue weighted by Crippen LogP contribution is -2.25. The fourth-order valence-corrected chi connectivity index (χ4v) is 1.08. The van der Waals surface area contributed by atoms with Crippen LogP contribution in [0.1, 0.15) is 33.6 Å². The molecule has 0 amide bonds. The van der Waals surface area contributed by atoms with Crippen LogP contribution < -0.4 is 0 Å². The van der Waals surface area contributed by atoms with Gasteiger partial charge in [-0.3, -0.25) is 0 Å². The van der Waals surface area contributed by atoms with Gasteiger partial charge in [-0.25, -0.2) is 0 Å². The van der Waals surface area contributed by atoms with E-state index in [0.29, 0.717) is 19.1 Å². The van der Waals surface area contributed by atoms with Gasteiger partial charge in [0.1, 0.15) is 6.10 Å². The van der Waals surface area contributed by atoms with Crippen LogP contribution >= 0.6 is 0 Å². The van der Waals surface area contributed by atoms with E-state index in [-0.39, 0.29) is 6.10 Å². The second-order valence-electron chi connectivity index (χ2n) is 4.22. The first-order valence-electron chi connectivity index (χ1n) is 5.89. The van der Waals surface area contributed by atoms with Crippen molar-refractivity contribution in [2.24, 2.45) is 5.92 Å². The van der Waals surface area contributed by atoms with Crippen LogP contribution in [-0.2, 0) is 14.2 Å². The molecule has 0 aliphatic carbocycles. The molecular weight excluding hydrogens is 192 g/mol. The maximum atomic E-state index is 5.50. The molecule has 0 saturated carbocycles. The van der Waals surface area contributed by atoms with Crippen molar-refractivity contribution in [1.82, 2.24) is 0 Å². The van der Waals surface area contributed by atoms with Crippen molar-refractivity contribution >= 4 is 0 Å². The summed E-state index contributed by atoms with van der Waals surface area (Å²) in [5, 5.41) is 0. The molecule has 0 N–H and O–H groups in total. The Morgan fingerprint density at radius 1 is 1.00 bits per heavy atom. The van der Waals surface area contributed by atoms with Crippen molar-refractivity contribution < 1.29 is 14.2 Å². The van der Waals surface area contributed by atoms with Crippen LogP contribution in [0, 0.1) is 5.92 Å². The Morgan fingerprint density at radius 2 is 1.67 bits per heavy atom. The van der Waals surface area contributed by atoms with E-state index in [1.807, 2.05) is 0 Å². The van der Waals surface area contributed by atoms with Crippen molar-refractivity contribution in [3.8, 4) is 0 Å². The Labute approximate surface area is 94.1 Å². The summed E-state index contributed by atoms with van der Waals surface area (Å²) in [5.74, 6) is 0.573. The van der Waals surface area contributed by atoms with Crippen LogP contribution in [0.5, 0.6) is 0 Å². The highest BCUT2D eigenvalue weighted by atomic mass is 16.6. The van der Waals surface area contributed by atoms with E-state index in [2.05, 4.69) is 20.8 Å². The summed E-state index contributed by atoms with van der Waals surface area (Å²) in [6.45, 7) is 9.30. The molecule has 0 aromatic heterocycles. The Morgan fingerprint density at radius 3 is 2.20 bits per heavy atom. The molecule has 0 radical (unpaired) electrons. The zero-order valence-corrected chi connectivity index (χ0v) is 10.6. The zero-order valence-electron chi connectivity index (χ0n) is 10.6. The Hall–Kier alpha value is -0.120. The van der Waals surface area contributed by atoms with Gasteiger partial charge in [0.05, 0.1) is 13.2 Å². The molecule has 0 heterocycles. The highest BCUT2D eigenvalue weighted by Crippen LogP contribution is 1.98. The van der Waals surface area contributed by atoms with Gasteiger partial charge in [-0.1, -0.05) is 27.2 Å². The normalized spacial score (nSPS) is 13.4. The standard InChI is InChI=1S/C12H26O3/c1-5-6-7-14-9-12(13-4)10-15-8-11(2)3/h11-12H,5-10H2,1-4H3. The van der Waals surface area contributed by atoms with Gasteiger partial charge in [0.15, 0.2) is 0 Å². The summed E-state index contributed by atoms with van der Waals surface area (Å²) in [6, 6.07) is 0. The third-order valence-corrected chi connectivity index (χ3v) is 2.03. The molecule has 0 spiro atoms. The maximum absolute atomic E-state index is 5.50. The van der Waals surface area contributed by atoms with Crippen molar-refractivity contribution in [3.05, 3.63) is 0 Å². The molecule has 92 valence electrons. The molecule has 0 bridgehead atoms. The maximum Gasteiger partial charge on any atom is 0.104 e. The summed E-state index contributed by atoms with van der Waals surface area (Å²) in [4.78, 5) is 0. The van der Waals surface area contributed by atoms with Crippen molar-refractivity contribution in [3.63, 3.8) is 0 Å². The highest BCUT2D eigenvalue weighted by molar-refractivity contribution is 4.54. The lowest BCUT2D eigenvalue weighted by atomic mass is 10.2. The minimum absolute atomic E-state index is 0.0700. The van der Waals surface area contributed by atoms with Crippen molar-refractivity contribution in [2.75, 3.05) is 33.5 Å². The SMILES string of the molecule is CCCCOCC(COCC(C)C)OC. The predicted octanol–water partition coefficient (Wildman–Crippen LogP) is 2.49. The molecule has 0 fully saturated rings. The third-order valence-electron chi connectivity index (χ3n) is 2.03. The van der Waals surface area contributed by atoms with Crippen molar-refractivity contribution in [2.45, 2.75) is 39.7 Å². The van der Waals surface area contributed by atoms with E-state index in [9.17, 15) is 0 Å². The van der Waals surface area contributed by atoms with Gasteiger partial charge >= 0.3 is 0 Å². The molecule has 15 heavy (non-hydrogen) atoms. The monoisotopic (exact) mass is 218 g/mol. The predicted molar refractivity (Wildman–Crippen MR) is 62.2 cm³/mol. The Kier molecular flexibility index (Phi) is 10.3. The van der Waals surface area contributed by atoms with E-state index in [1.54, 1.807) is 7.11 Å². The van der Waals surface area contributed by atoms with E-state index < -0.39 is 0 Å². The van der Waals surface area contributed by atoms with Crippen LogP contribution in [-0.4, -0.2) is 39.6 Å². The van der Waals surface area contributed by atoms with Crippen LogP contribution in [0.25, 0.3) is 0 Å². The van der Waals surface area contributed by atoms with Gasteiger partial charge in [0, 0.05) is 20.3 Å². The van der Waals surface area contributed by atoms with E-state index in [4.69, 9.17) is 14.2 Å². The van der Waals surface area contributed by atoms with E-state index in [1.165, 1.54) is 6.42 Å². The molecule has 0 aliphatic heterocycles. The van der Waals surface area contributed by atoms with Gasteiger partial charge in [-0.15, -0.1) is 0 Å². The number of methoxy groups -OCH3 is 1. The molecule has 1 unspecified atom stereocenters. The van der Waals surface area contributed by atoms with E-state index in [0.717, 1.165) is 19.6 Å². The van der Waals surface area contributed by atoms with Gasteiger partial charge in [0.2, 0.25) is 0 Å². The number of unbranched alkanes of at least 4 members (excludes halogenated alkanes) is 1. The highest BCUT2D eigenvalue weighted by Gasteiger charge is 2.07. The first-order chi connectivity index (χ1) is 7.20. The van der Waals surface area contributed by atoms with Crippen LogP contribution in [0.15, 0.2) is 0 Å². The second-order valence-corrected chi connectivity index (χ2v) is 4.22. The first kappa shape index (κ1) is 14.9. The number of hydrogen-bond donors (Lipinski definition) is 0. The first-order valence-corrected chi connectivity index (χ1v) is 5.89. The molecule has 0 rings (SSSR count). The van der Waals surface area contributed by atoms with Crippen LogP contribution in [0.2, 0.25) is 0 Å². The molecule has 0 aromatic carbocycles. The smallest absolute Gasteiger partial charge is 0.104 e. The summed E-state index contributed by atoms with van der Waals surface area (Å²) >= 11 is 0. The molecule has 1 atom stereocenters. The topological polar surface area (TPSA) is 27.7 Å². The average Bonchev–Trinajstić information content (AvgIpc) is 2.21. The number of hydrogen-bond acceptors (Lipinski definition) is 3. The van der Waals surface area contributed by atoms with E-state index >= 15 is 0 Å². The molecular formula is C12H26O3. The van der Waals surface area contributed by atoms with Crippen LogP contribution in [0.3, 0.4) is 0 Å². The zero-order chi connectivity index (χ0) is 11.5. The largest absolute Gasteiger partial charge is 0.379 e. The second kappa shape index (κ2) is 10.4. The fourth-order valence-electron chi connectivity index (χ4n) is 1.08. The van der Waals surface area contributed by atoms with Crippen molar-refractivity contribution in [1.29, 1.82) is 0 Å². The Balaban J connectivity index is 3.38. The summed E-state index contributed by atoms with van der Waals surface area (Å²) in [5.41, 5.74) is 0. The van der Waals surface area contributed by atoms with Gasteiger partial charge in [-0.05, 0) is 12.3 Å². The minimum atomic E-state index is 0.0700. The average molecular weight is 218 g/mol. The Bertz CT molecular complexity index is 126. The summed E-state index contributed by atoms with van der Waals surface area (Å²) in [7, 11) is 1.70. The lowest BCUT2D eigenvalue weighted by Gasteiger charge is -2.16. The van der Waals surface area contributed by atoms with Gasteiger partial charge < -0.3 is 14.2 Å². The third kappa shape index (κ3) is 10.2. The molecule has 3 nitrogen and oxygen atoms in total. The van der Waals surface area contributed by atoms with Gasteiger partial charge in [-0.2, -0.15) is 0 Å². The fraction of sp³-hybridized carbons (Fsp3) is 1.00. The molecule has 0 saturated heterocycles.